The van der Waals surface area contributed by atoms with E-state index in [4.69, 9.17) is 18.9 Å². The molecule has 1 aliphatic carbocycles. The van der Waals surface area contributed by atoms with Crippen LogP contribution in [0.2, 0.25) is 0 Å². The summed E-state index contributed by atoms with van der Waals surface area (Å²) in [5, 5.41) is 19.4. The summed E-state index contributed by atoms with van der Waals surface area (Å²) in [6.45, 7) is 13.2. The smallest absolute Gasteiger partial charge is 0.411 e. The zero-order valence-electron chi connectivity index (χ0n) is 47.6. The molecule has 79 heavy (non-hydrogen) atoms. The molecule has 2 aliphatic rings. The van der Waals surface area contributed by atoms with E-state index in [9.17, 15) is 38.7 Å². The Bertz CT molecular complexity index is 2460. The van der Waals surface area contributed by atoms with Crippen LogP contribution in [-0.2, 0) is 55.9 Å². The highest BCUT2D eigenvalue weighted by molar-refractivity contribution is 8.76. The fraction of sp³-hybridized carbons (Fsp3) is 0.586. The lowest BCUT2D eigenvalue weighted by Gasteiger charge is -2.41. The highest BCUT2D eigenvalue weighted by atomic mass is 33.1. The van der Waals surface area contributed by atoms with Crippen LogP contribution in [0, 0.1) is 23.7 Å². The number of nitrogens with one attached hydrogen (secondary N) is 3. The van der Waals surface area contributed by atoms with Gasteiger partial charge in [-0.05, 0) is 96.0 Å². The lowest BCUT2D eigenvalue weighted by molar-refractivity contribution is -0.148. The van der Waals surface area contributed by atoms with E-state index in [0.717, 1.165) is 29.9 Å². The molecule has 0 radical (unpaired) electrons. The number of likely N-dealkylation sites (tertiary alicyclic amines) is 1. The lowest BCUT2D eigenvalue weighted by Crippen LogP contribution is -2.60. The van der Waals surface area contributed by atoms with Gasteiger partial charge in [-0.1, -0.05) is 114 Å². The van der Waals surface area contributed by atoms with Crippen molar-refractivity contribution in [3.63, 3.8) is 0 Å². The van der Waals surface area contributed by atoms with Crippen LogP contribution in [0.15, 0.2) is 84.0 Å². The number of anilines is 1. The van der Waals surface area contributed by atoms with Gasteiger partial charge in [0.2, 0.25) is 23.6 Å². The number of carboxylic acids is 1. The number of hydrogen-bond acceptors (Lipinski definition) is 14. The first-order chi connectivity index (χ1) is 37.7. The van der Waals surface area contributed by atoms with Crippen molar-refractivity contribution in [2.75, 3.05) is 40.2 Å². The van der Waals surface area contributed by atoms with Gasteiger partial charge in [-0.15, -0.1) is 0 Å². The summed E-state index contributed by atoms with van der Waals surface area (Å²) in [6, 6.07) is 17.3. The molecule has 2 heterocycles. The van der Waals surface area contributed by atoms with Crippen LogP contribution in [0.1, 0.15) is 105 Å². The molecule has 3 unspecified atom stereocenters. The van der Waals surface area contributed by atoms with Crippen LogP contribution in [-0.4, -0.2) is 155 Å². The molecule has 1 saturated heterocycles. The van der Waals surface area contributed by atoms with Gasteiger partial charge in [0, 0.05) is 53.2 Å². The predicted octanol–water partition coefficient (Wildman–Crippen LogP) is 8.46. The molecule has 1 saturated carbocycles. The normalized spacial score (nSPS) is 19.3. The van der Waals surface area contributed by atoms with E-state index in [1.165, 1.54) is 26.2 Å². The maximum atomic E-state index is 14.7. The molecule has 434 valence electrons. The van der Waals surface area contributed by atoms with Gasteiger partial charge in [-0.2, -0.15) is 0 Å². The average molecular weight is 1130 g/mol. The molecule has 2 fully saturated rings. The number of nitrogens with zero attached hydrogens (tertiary/aromatic N) is 4. The number of hydrogen-bond donors (Lipinski definition) is 4. The zero-order valence-corrected chi connectivity index (χ0v) is 49.3. The molecule has 4 N–H and O–H groups in total. The number of aromatic nitrogens is 1. The fourth-order valence-electron chi connectivity index (χ4n) is 10.5. The molecule has 2 aromatic carbocycles. The summed E-state index contributed by atoms with van der Waals surface area (Å²) in [5.74, 6) is -4.60. The number of benzene rings is 2. The minimum absolute atomic E-state index is 0.0971. The summed E-state index contributed by atoms with van der Waals surface area (Å²) in [7, 11) is 9.33. The molecule has 6 amide bonds. The molecule has 1 aliphatic heterocycles. The quantitative estimate of drug-likeness (QED) is 0.0499. The van der Waals surface area contributed by atoms with E-state index >= 15 is 0 Å². The topological polar surface area (TPSA) is 235 Å². The van der Waals surface area contributed by atoms with Crippen LogP contribution in [0.4, 0.5) is 15.3 Å². The standard InChI is InChI=1S/C58H83N7O12S2/c1-12-37(6)51(45(74-10)33-48(66)65-31-19-22-43(65)52(75-11)38(7)53(67)61-42(56(70)71)32-39-20-14-13-15-21-39)63(8)55(69)49(35(2)3)62-54(68)50(36(4)5)64(9)58(73)76-34-40-26-28-41(29-27-40)60-57(72)77-44-23-18-24-46(44)78-79-47-25-16-17-30-59-47/h13-17,20-21,25-30,35-38,42-46,49-52H,12,18-19,22-24,31-34H2,1-11H3,(H,60,72)(H,61,67)(H,62,68)(H,70,71)/t37-,38+,42-,43?,44-,45+,46-,49?,50?,51-,52+/m0/s1. The predicted molar refractivity (Wildman–Crippen MR) is 305 cm³/mol. The van der Waals surface area contributed by atoms with Gasteiger partial charge in [-0.3, -0.25) is 29.4 Å². The third kappa shape index (κ3) is 18.1. The molecule has 1 aromatic heterocycles. The number of pyridine rings is 1. The summed E-state index contributed by atoms with van der Waals surface area (Å²) < 4.78 is 23.5. The molecular weight excluding hydrogens is 1050 g/mol. The van der Waals surface area contributed by atoms with Crippen molar-refractivity contribution in [3.05, 3.63) is 90.1 Å². The van der Waals surface area contributed by atoms with Gasteiger partial charge in [0.1, 0.15) is 35.9 Å². The Hall–Kier alpha value is -5.90. The molecule has 3 aromatic rings. The summed E-state index contributed by atoms with van der Waals surface area (Å²) in [6.07, 6.45) is 3.23. The molecule has 11 atom stereocenters. The Morgan fingerprint density at radius 3 is 2.10 bits per heavy atom. The van der Waals surface area contributed by atoms with Crippen molar-refractivity contribution in [3.8, 4) is 0 Å². The highest BCUT2D eigenvalue weighted by Crippen LogP contribution is 2.42. The van der Waals surface area contributed by atoms with Crippen LogP contribution in [0.3, 0.4) is 0 Å². The number of ether oxygens (including phenoxy) is 4. The Morgan fingerprint density at radius 2 is 1.49 bits per heavy atom. The number of rotatable bonds is 28. The number of amides is 6. The molecule has 21 heteroatoms. The maximum absolute atomic E-state index is 14.7. The summed E-state index contributed by atoms with van der Waals surface area (Å²) in [4.78, 5) is 105. The van der Waals surface area contributed by atoms with E-state index in [0.29, 0.717) is 37.1 Å². The Labute approximate surface area is 474 Å². The van der Waals surface area contributed by atoms with Crippen molar-refractivity contribution in [1.82, 2.24) is 30.3 Å². The van der Waals surface area contributed by atoms with E-state index in [1.807, 2.05) is 52.0 Å². The van der Waals surface area contributed by atoms with Gasteiger partial charge >= 0.3 is 18.2 Å². The summed E-state index contributed by atoms with van der Waals surface area (Å²) >= 11 is 0. The minimum atomic E-state index is -1.17. The monoisotopic (exact) mass is 1130 g/mol. The molecule has 0 bridgehead atoms. The number of carbonyl (C=O) groups excluding carboxylic acids is 6. The first-order valence-corrected chi connectivity index (χ1v) is 29.6. The largest absolute Gasteiger partial charge is 0.480 e. The molecule has 5 rings (SSSR count). The van der Waals surface area contributed by atoms with Gasteiger partial charge in [0.05, 0.1) is 41.9 Å². The first kappa shape index (κ1) is 63.9. The molecule has 19 nitrogen and oxygen atoms in total. The van der Waals surface area contributed by atoms with Crippen LogP contribution >= 0.6 is 21.6 Å². The van der Waals surface area contributed by atoms with Crippen molar-refractivity contribution in [2.45, 2.75) is 165 Å². The van der Waals surface area contributed by atoms with E-state index in [1.54, 1.807) is 114 Å². The van der Waals surface area contributed by atoms with Gasteiger partial charge < -0.3 is 44.5 Å². The number of carbonyl (C=O) groups is 7. The van der Waals surface area contributed by atoms with Crippen molar-refractivity contribution in [1.29, 1.82) is 0 Å². The number of methoxy groups -OCH3 is 2. The third-order valence-corrected chi connectivity index (χ3v) is 17.9. The highest BCUT2D eigenvalue weighted by Gasteiger charge is 2.44. The third-order valence-electron chi connectivity index (χ3n) is 15.1. The lowest BCUT2D eigenvalue weighted by atomic mass is 9.89. The van der Waals surface area contributed by atoms with Gasteiger partial charge in [-0.25, -0.2) is 19.4 Å². The van der Waals surface area contributed by atoms with E-state index in [2.05, 4.69) is 20.9 Å². The Morgan fingerprint density at radius 1 is 0.797 bits per heavy atom. The second-order valence-corrected chi connectivity index (χ2v) is 23.8. The second kappa shape index (κ2) is 31.2. The molecule has 0 spiro atoms. The summed E-state index contributed by atoms with van der Waals surface area (Å²) in [5.41, 5.74) is 1.92. The Balaban J connectivity index is 1.17. The van der Waals surface area contributed by atoms with Crippen molar-refractivity contribution in [2.24, 2.45) is 23.7 Å². The van der Waals surface area contributed by atoms with E-state index < -0.39 is 84.2 Å². The van der Waals surface area contributed by atoms with Crippen molar-refractivity contribution < 1.29 is 57.6 Å². The fourth-order valence-corrected chi connectivity index (χ4v) is 13.2. The number of carboxylic acid groups (broad SMARTS) is 1. The van der Waals surface area contributed by atoms with Crippen molar-refractivity contribution >= 4 is 69.1 Å². The van der Waals surface area contributed by atoms with Crippen LogP contribution < -0.4 is 16.0 Å². The average Bonchev–Trinajstić information content (AvgIpc) is 4.17. The molecular formula is C58H83N7O12S2. The van der Waals surface area contributed by atoms with Gasteiger partial charge in [0.15, 0.2) is 0 Å². The van der Waals surface area contributed by atoms with Crippen LogP contribution in [0.25, 0.3) is 0 Å². The zero-order chi connectivity index (χ0) is 57.9. The second-order valence-electron chi connectivity index (χ2n) is 21.3. The van der Waals surface area contributed by atoms with Crippen LogP contribution in [0.5, 0.6) is 0 Å². The number of aliphatic carboxylic acids is 1. The SMILES string of the molecule is CC[C@H](C)[C@@H]([C@@H](CC(=O)N1CCCC1[C@H](OC)[C@@H](C)C(=O)N[C@@H](Cc1ccccc1)C(=O)O)OC)N(C)C(=O)C(NC(=O)C(C(C)C)N(C)C(=O)OCc1ccc(NC(=O)O[C@H]2CCC[C@@H]2SSc2ccccn2)cc1)C(C)C. The minimum Gasteiger partial charge on any atom is -0.480 e. The van der Waals surface area contributed by atoms with E-state index in [-0.39, 0.29) is 54.5 Å². The first-order valence-electron chi connectivity index (χ1n) is 27.4. The van der Waals surface area contributed by atoms with Gasteiger partial charge in [0.25, 0.3) is 0 Å². The Kier molecular flexibility index (Phi) is 25.2. The maximum Gasteiger partial charge on any atom is 0.411 e. The number of likely N-dealkylation sites (N-methyl/N-ethyl adjacent to an activating group) is 2.